The van der Waals surface area contributed by atoms with Crippen LogP contribution in [-0.2, 0) is 14.8 Å². The van der Waals surface area contributed by atoms with Gasteiger partial charge in [-0.3, -0.25) is 4.79 Å². The van der Waals surface area contributed by atoms with Crippen LogP contribution in [0.1, 0.15) is 18.1 Å². The molecule has 1 amide bonds. The summed E-state index contributed by atoms with van der Waals surface area (Å²) in [5.74, 6) is 0.218. The van der Waals surface area contributed by atoms with Crippen LogP contribution >= 0.6 is 0 Å². The van der Waals surface area contributed by atoms with Gasteiger partial charge in [0.05, 0.1) is 18.0 Å². The number of carbonyl (C=O) groups is 1. The Bertz CT molecular complexity index is 849. The van der Waals surface area contributed by atoms with Crippen molar-refractivity contribution >= 4 is 21.6 Å². The first-order valence-electron chi connectivity index (χ1n) is 7.92. The van der Waals surface area contributed by atoms with E-state index < -0.39 is 15.9 Å². The van der Waals surface area contributed by atoms with E-state index in [0.29, 0.717) is 23.6 Å². The number of sulfonamides is 1. The van der Waals surface area contributed by atoms with Crippen LogP contribution in [0.5, 0.6) is 5.75 Å². The molecule has 0 saturated heterocycles. The van der Waals surface area contributed by atoms with E-state index in [9.17, 15) is 13.2 Å². The highest BCUT2D eigenvalue weighted by atomic mass is 32.2. The molecule has 6 nitrogen and oxygen atoms in total. The number of anilines is 1. The second-order valence-electron chi connectivity index (χ2n) is 5.55. The molecule has 7 heteroatoms. The fraction of sp³-hybridized carbons (Fsp3) is 0.278. The molecule has 2 aromatic rings. The Kier molecular flexibility index (Phi) is 6.17. The van der Waals surface area contributed by atoms with Crippen LogP contribution < -0.4 is 14.8 Å². The molecular weight excluding hydrogens is 340 g/mol. The van der Waals surface area contributed by atoms with E-state index in [-0.39, 0.29) is 11.4 Å². The van der Waals surface area contributed by atoms with Crippen molar-refractivity contribution in [2.45, 2.75) is 25.7 Å². The molecule has 0 radical (unpaired) electrons. The number of rotatable bonds is 7. The molecule has 25 heavy (non-hydrogen) atoms. The summed E-state index contributed by atoms with van der Waals surface area (Å²) in [6.07, 6.45) is 0. The Balaban J connectivity index is 2.09. The Hall–Kier alpha value is -2.38. The van der Waals surface area contributed by atoms with Gasteiger partial charge in [-0.25, -0.2) is 13.1 Å². The van der Waals surface area contributed by atoms with Gasteiger partial charge < -0.3 is 10.1 Å². The van der Waals surface area contributed by atoms with Gasteiger partial charge in [0.1, 0.15) is 5.75 Å². The average Bonchev–Trinajstić information content (AvgIpc) is 2.57. The highest BCUT2D eigenvalue weighted by Crippen LogP contribution is 2.25. The van der Waals surface area contributed by atoms with E-state index >= 15 is 0 Å². The lowest BCUT2D eigenvalue weighted by Crippen LogP contribution is -2.33. The number of nitrogens with one attached hydrogen (secondary N) is 2. The van der Waals surface area contributed by atoms with Gasteiger partial charge >= 0.3 is 0 Å². The van der Waals surface area contributed by atoms with Crippen molar-refractivity contribution in [2.75, 3.05) is 18.5 Å². The van der Waals surface area contributed by atoms with E-state index in [2.05, 4.69) is 10.0 Å². The topological polar surface area (TPSA) is 84.5 Å². The first-order chi connectivity index (χ1) is 11.8. The predicted octanol–water partition coefficient (Wildman–Crippen LogP) is 2.62. The SMILES string of the molecule is CCOc1cc(C)c(S(=O)(=O)NCC(=O)Nc2ccccc2)cc1C. The normalized spacial score (nSPS) is 11.2. The monoisotopic (exact) mass is 362 g/mol. The second-order valence-corrected chi connectivity index (χ2v) is 7.29. The molecule has 2 aromatic carbocycles. The van der Waals surface area contributed by atoms with Crippen molar-refractivity contribution in [1.29, 1.82) is 0 Å². The number of aryl methyl sites for hydroxylation is 2. The lowest BCUT2D eigenvalue weighted by molar-refractivity contribution is -0.115. The Morgan fingerprint density at radius 2 is 1.76 bits per heavy atom. The average molecular weight is 362 g/mol. The van der Waals surface area contributed by atoms with Crippen LogP contribution in [0.15, 0.2) is 47.4 Å². The zero-order valence-electron chi connectivity index (χ0n) is 14.5. The van der Waals surface area contributed by atoms with Crippen LogP contribution in [0, 0.1) is 13.8 Å². The van der Waals surface area contributed by atoms with Gasteiger partial charge in [-0.2, -0.15) is 0 Å². The third-order valence-electron chi connectivity index (χ3n) is 3.54. The number of amides is 1. The maximum Gasteiger partial charge on any atom is 0.241 e. The maximum absolute atomic E-state index is 12.5. The molecule has 0 aliphatic heterocycles. The summed E-state index contributed by atoms with van der Waals surface area (Å²) >= 11 is 0. The van der Waals surface area contributed by atoms with E-state index in [1.165, 1.54) is 0 Å². The molecule has 0 aliphatic rings. The fourth-order valence-corrected chi connectivity index (χ4v) is 3.62. The minimum atomic E-state index is -3.80. The Morgan fingerprint density at radius 1 is 1.08 bits per heavy atom. The van der Waals surface area contributed by atoms with E-state index in [1.807, 2.05) is 13.0 Å². The minimum absolute atomic E-state index is 0.140. The molecule has 134 valence electrons. The van der Waals surface area contributed by atoms with Gasteiger partial charge in [0.2, 0.25) is 15.9 Å². The molecule has 0 aromatic heterocycles. The van der Waals surface area contributed by atoms with Crippen LogP contribution in [0.3, 0.4) is 0 Å². The third-order valence-corrected chi connectivity index (χ3v) is 5.09. The van der Waals surface area contributed by atoms with Gasteiger partial charge in [0, 0.05) is 5.69 Å². The molecular formula is C18H22N2O4S. The summed E-state index contributed by atoms with van der Waals surface area (Å²) in [4.78, 5) is 12.1. The largest absolute Gasteiger partial charge is 0.494 e. The fourth-order valence-electron chi connectivity index (χ4n) is 2.33. The van der Waals surface area contributed by atoms with E-state index in [4.69, 9.17) is 4.74 Å². The van der Waals surface area contributed by atoms with Crippen LogP contribution in [0.25, 0.3) is 0 Å². The number of ether oxygens (including phenoxy) is 1. The van der Waals surface area contributed by atoms with Crippen molar-refractivity contribution in [2.24, 2.45) is 0 Å². The molecule has 0 atom stereocenters. The molecule has 0 bridgehead atoms. The lowest BCUT2D eigenvalue weighted by Gasteiger charge is -2.13. The number of hydrogen-bond acceptors (Lipinski definition) is 4. The molecule has 0 heterocycles. The Labute approximate surface area is 148 Å². The standard InChI is InChI=1S/C18H22N2O4S/c1-4-24-16-10-14(3)17(11-13(16)2)25(22,23)19-12-18(21)20-15-8-6-5-7-9-15/h5-11,19H,4,12H2,1-3H3,(H,20,21). The molecule has 0 saturated carbocycles. The van der Waals surface area contributed by atoms with Gasteiger partial charge in [0.25, 0.3) is 0 Å². The second kappa shape index (κ2) is 8.13. The summed E-state index contributed by atoms with van der Waals surface area (Å²) in [6, 6.07) is 12.1. The summed E-state index contributed by atoms with van der Waals surface area (Å²) in [5.41, 5.74) is 1.89. The van der Waals surface area contributed by atoms with E-state index in [0.717, 1.165) is 5.56 Å². The number of para-hydroxylation sites is 1. The molecule has 0 unspecified atom stereocenters. The van der Waals surface area contributed by atoms with Crippen molar-refractivity contribution in [3.05, 3.63) is 53.6 Å². The van der Waals surface area contributed by atoms with Gasteiger partial charge in [0.15, 0.2) is 0 Å². The first-order valence-corrected chi connectivity index (χ1v) is 9.40. The number of benzene rings is 2. The zero-order valence-corrected chi connectivity index (χ0v) is 15.3. The molecule has 0 spiro atoms. The molecule has 2 rings (SSSR count). The zero-order chi connectivity index (χ0) is 18.4. The smallest absolute Gasteiger partial charge is 0.241 e. The quantitative estimate of drug-likeness (QED) is 0.793. The molecule has 0 fully saturated rings. The third kappa shape index (κ3) is 5.04. The van der Waals surface area contributed by atoms with Crippen molar-refractivity contribution < 1.29 is 17.9 Å². The van der Waals surface area contributed by atoms with Crippen LogP contribution in [-0.4, -0.2) is 27.5 Å². The maximum atomic E-state index is 12.5. The van der Waals surface area contributed by atoms with Crippen molar-refractivity contribution in [3.63, 3.8) is 0 Å². The summed E-state index contributed by atoms with van der Waals surface area (Å²) in [6.45, 7) is 5.51. The summed E-state index contributed by atoms with van der Waals surface area (Å²) in [7, 11) is -3.80. The molecule has 2 N–H and O–H groups in total. The van der Waals surface area contributed by atoms with Crippen molar-refractivity contribution in [1.82, 2.24) is 4.72 Å². The van der Waals surface area contributed by atoms with Crippen LogP contribution in [0.2, 0.25) is 0 Å². The lowest BCUT2D eigenvalue weighted by atomic mass is 10.1. The molecule has 0 aliphatic carbocycles. The minimum Gasteiger partial charge on any atom is -0.494 e. The van der Waals surface area contributed by atoms with Crippen molar-refractivity contribution in [3.8, 4) is 5.75 Å². The predicted molar refractivity (Wildman–Crippen MR) is 97.3 cm³/mol. The number of carbonyl (C=O) groups excluding carboxylic acids is 1. The Morgan fingerprint density at radius 3 is 2.40 bits per heavy atom. The van der Waals surface area contributed by atoms with Gasteiger partial charge in [-0.05, 0) is 56.2 Å². The highest BCUT2D eigenvalue weighted by Gasteiger charge is 2.19. The first kappa shape index (κ1) is 19.0. The summed E-state index contributed by atoms with van der Waals surface area (Å²) < 4.78 is 32.8. The van der Waals surface area contributed by atoms with Crippen LogP contribution in [0.4, 0.5) is 5.69 Å². The van der Waals surface area contributed by atoms with Gasteiger partial charge in [-0.15, -0.1) is 0 Å². The van der Waals surface area contributed by atoms with Gasteiger partial charge in [-0.1, -0.05) is 18.2 Å². The summed E-state index contributed by atoms with van der Waals surface area (Å²) in [5, 5.41) is 2.63. The van der Waals surface area contributed by atoms with E-state index in [1.54, 1.807) is 50.2 Å². The highest BCUT2D eigenvalue weighted by molar-refractivity contribution is 7.89. The number of hydrogen-bond donors (Lipinski definition) is 2.